The van der Waals surface area contributed by atoms with E-state index in [0.29, 0.717) is 5.02 Å². The lowest BCUT2D eigenvalue weighted by Gasteiger charge is -2.18. The predicted molar refractivity (Wildman–Crippen MR) is 85.8 cm³/mol. The van der Waals surface area contributed by atoms with Crippen molar-refractivity contribution in [3.63, 3.8) is 0 Å². The van der Waals surface area contributed by atoms with Gasteiger partial charge in [-0.15, -0.1) is 0 Å². The fourth-order valence-corrected chi connectivity index (χ4v) is 3.17. The maximum atomic E-state index is 6.41. The smallest absolute Gasteiger partial charge is 0.0565 e. The van der Waals surface area contributed by atoms with Gasteiger partial charge in [0, 0.05) is 9.50 Å². The Balaban J connectivity index is 2.49. The van der Waals surface area contributed by atoms with Crippen LogP contribution in [0.25, 0.3) is 0 Å². The molecule has 1 unspecified atom stereocenters. The summed E-state index contributed by atoms with van der Waals surface area (Å²) in [5, 5.41) is 0.708. The molecule has 0 fully saturated rings. The highest BCUT2D eigenvalue weighted by Gasteiger charge is 2.15. The van der Waals surface area contributed by atoms with Gasteiger partial charge in [0.05, 0.1) is 6.04 Å². The van der Waals surface area contributed by atoms with Crippen molar-refractivity contribution in [1.82, 2.24) is 0 Å². The summed E-state index contributed by atoms with van der Waals surface area (Å²) >= 11 is 9.51. The highest BCUT2D eigenvalue weighted by atomic mass is 79.9. The van der Waals surface area contributed by atoms with E-state index in [4.69, 9.17) is 17.3 Å². The predicted octanol–water partition coefficient (Wildman–Crippen LogP) is 5.08. The summed E-state index contributed by atoms with van der Waals surface area (Å²) in [4.78, 5) is 0. The number of hydrogen-bond donors (Lipinski definition) is 1. The molecule has 0 aliphatic carbocycles. The van der Waals surface area contributed by atoms with Crippen molar-refractivity contribution in [2.24, 2.45) is 5.73 Å². The van der Waals surface area contributed by atoms with Crippen molar-refractivity contribution < 1.29 is 0 Å². The fourth-order valence-electron chi connectivity index (χ4n) is 2.24. The zero-order valence-electron chi connectivity index (χ0n) is 11.3. The second-order valence-corrected chi connectivity index (χ2v) is 6.23. The largest absolute Gasteiger partial charge is 0.320 e. The zero-order chi connectivity index (χ0) is 14.2. The number of halogens is 2. The number of nitrogens with two attached hydrogens (primary N) is 1. The van der Waals surface area contributed by atoms with Crippen molar-refractivity contribution in [3.8, 4) is 0 Å². The van der Waals surface area contributed by atoms with Crippen LogP contribution in [0.3, 0.4) is 0 Å². The minimum Gasteiger partial charge on any atom is -0.320 e. The third kappa shape index (κ3) is 3.02. The van der Waals surface area contributed by atoms with Gasteiger partial charge in [-0.05, 0) is 60.7 Å². The van der Waals surface area contributed by atoms with Crippen molar-refractivity contribution in [3.05, 3.63) is 67.6 Å². The van der Waals surface area contributed by atoms with Gasteiger partial charge in [-0.3, -0.25) is 0 Å². The molecule has 2 aromatic carbocycles. The molecule has 0 aliphatic heterocycles. The first-order valence-electron chi connectivity index (χ1n) is 6.18. The second kappa shape index (κ2) is 5.66. The highest BCUT2D eigenvalue weighted by Crippen LogP contribution is 2.31. The van der Waals surface area contributed by atoms with Crippen LogP contribution in [0.4, 0.5) is 0 Å². The van der Waals surface area contributed by atoms with Gasteiger partial charge in [0.1, 0.15) is 0 Å². The van der Waals surface area contributed by atoms with Crippen LogP contribution in [0, 0.1) is 20.8 Å². The lowest BCUT2D eigenvalue weighted by molar-refractivity contribution is 0.853. The van der Waals surface area contributed by atoms with Crippen molar-refractivity contribution >= 4 is 27.5 Å². The average Bonchev–Trinajstić information content (AvgIpc) is 2.33. The molecule has 2 aromatic rings. The molecule has 1 nitrogen and oxygen atoms in total. The lowest BCUT2D eigenvalue weighted by atomic mass is 9.92. The molecule has 0 amide bonds. The maximum absolute atomic E-state index is 6.41. The monoisotopic (exact) mass is 337 g/mol. The normalized spacial score (nSPS) is 12.5. The maximum Gasteiger partial charge on any atom is 0.0565 e. The molecule has 0 aliphatic rings. The summed E-state index contributed by atoms with van der Waals surface area (Å²) in [5.74, 6) is 0. The molecule has 2 N–H and O–H groups in total. The Hall–Kier alpha value is -0.830. The Labute approximate surface area is 127 Å². The minimum absolute atomic E-state index is 0.147. The molecule has 0 aromatic heterocycles. The molecule has 19 heavy (non-hydrogen) atoms. The summed E-state index contributed by atoms with van der Waals surface area (Å²) in [6.45, 7) is 6.34. The molecule has 100 valence electrons. The highest BCUT2D eigenvalue weighted by molar-refractivity contribution is 9.10. The first-order valence-corrected chi connectivity index (χ1v) is 7.35. The second-order valence-electron chi connectivity index (χ2n) is 4.94. The molecule has 0 saturated heterocycles. The first-order chi connectivity index (χ1) is 8.90. The number of hydrogen-bond acceptors (Lipinski definition) is 1. The van der Waals surface area contributed by atoms with Gasteiger partial charge < -0.3 is 5.73 Å². The molecule has 1 atom stereocenters. The molecule has 3 heteroatoms. The number of rotatable bonds is 2. The van der Waals surface area contributed by atoms with Crippen molar-refractivity contribution in [2.45, 2.75) is 26.8 Å². The SMILES string of the molecule is Cc1cc(C)c(C(N)c2ccc(Cl)cc2Br)cc1C. The first kappa shape index (κ1) is 14.6. The van der Waals surface area contributed by atoms with E-state index in [1.54, 1.807) is 0 Å². The van der Waals surface area contributed by atoms with Crippen LogP contribution in [0.1, 0.15) is 33.9 Å². The van der Waals surface area contributed by atoms with Crippen LogP contribution in [0.15, 0.2) is 34.8 Å². The molecule has 0 heterocycles. The standard InChI is InChI=1S/C16H17BrClN/c1-9-6-11(3)14(7-10(9)2)16(19)13-5-4-12(18)8-15(13)17/h4-8,16H,19H2,1-3H3. The third-order valence-corrected chi connectivity index (χ3v) is 4.44. The lowest BCUT2D eigenvalue weighted by Crippen LogP contribution is -2.14. The summed E-state index contributed by atoms with van der Waals surface area (Å²) in [7, 11) is 0. The molecule has 0 radical (unpaired) electrons. The van der Waals surface area contributed by atoms with Gasteiger partial charge in [0.2, 0.25) is 0 Å². The Morgan fingerprint density at radius 3 is 2.21 bits per heavy atom. The van der Waals surface area contributed by atoms with Crippen molar-refractivity contribution in [2.75, 3.05) is 0 Å². The fraction of sp³-hybridized carbons (Fsp3) is 0.250. The summed E-state index contributed by atoms with van der Waals surface area (Å²) in [6.07, 6.45) is 0. The average molecular weight is 339 g/mol. The van der Waals surface area contributed by atoms with Crippen LogP contribution < -0.4 is 5.73 Å². The molecular weight excluding hydrogens is 322 g/mol. The summed E-state index contributed by atoms with van der Waals surface area (Å²) in [5.41, 5.74) is 12.4. The minimum atomic E-state index is -0.147. The van der Waals surface area contributed by atoms with E-state index in [1.165, 1.54) is 16.7 Å². The van der Waals surface area contributed by atoms with E-state index in [0.717, 1.165) is 15.6 Å². The van der Waals surface area contributed by atoms with E-state index in [1.807, 2.05) is 18.2 Å². The molecule has 0 bridgehead atoms. The Bertz CT molecular complexity index is 622. The van der Waals surface area contributed by atoms with Crippen LogP contribution >= 0.6 is 27.5 Å². The van der Waals surface area contributed by atoms with Crippen LogP contribution in [-0.2, 0) is 0 Å². The van der Waals surface area contributed by atoms with Crippen molar-refractivity contribution in [1.29, 1.82) is 0 Å². The summed E-state index contributed by atoms with van der Waals surface area (Å²) < 4.78 is 0.949. The molecular formula is C16H17BrClN. The van der Waals surface area contributed by atoms with Gasteiger partial charge in [-0.2, -0.15) is 0 Å². The van der Waals surface area contributed by atoms with E-state index in [2.05, 4.69) is 48.8 Å². The molecule has 0 spiro atoms. The van der Waals surface area contributed by atoms with Crippen LogP contribution in [0.5, 0.6) is 0 Å². The van der Waals surface area contributed by atoms with Crippen LogP contribution in [0.2, 0.25) is 5.02 Å². The number of aryl methyl sites for hydroxylation is 3. The van der Waals surface area contributed by atoms with Gasteiger partial charge >= 0.3 is 0 Å². The zero-order valence-corrected chi connectivity index (χ0v) is 13.6. The van der Waals surface area contributed by atoms with Gasteiger partial charge in [0.15, 0.2) is 0 Å². The van der Waals surface area contributed by atoms with E-state index >= 15 is 0 Å². The Morgan fingerprint density at radius 2 is 1.58 bits per heavy atom. The molecule has 0 saturated carbocycles. The Kier molecular flexibility index (Phi) is 4.34. The third-order valence-electron chi connectivity index (χ3n) is 3.51. The number of benzene rings is 2. The van der Waals surface area contributed by atoms with Gasteiger partial charge in [0.25, 0.3) is 0 Å². The van der Waals surface area contributed by atoms with Crippen LogP contribution in [-0.4, -0.2) is 0 Å². The van der Waals surface area contributed by atoms with Gasteiger partial charge in [-0.25, -0.2) is 0 Å². The molecule has 2 rings (SSSR count). The Morgan fingerprint density at radius 1 is 0.947 bits per heavy atom. The van der Waals surface area contributed by atoms with E-state index in [9.17, 15) is 0 Å². The van der Waals surface area contributed by atoms with Gasteiger partial charge in [-0.1, -0.05) is 45.7 Å². The summed E-state index contributed by atoms with van der Waals surface area (Å²) in [6, 6.07) is 9.95. The quantitative estimate of drug-likeness (QED) is 0.812. The topological polar surface area (TPSA) is 26.0 Å². The van der Waals surface area contributed by atoms with E-state index in [-0.39, 0.29) is 6.04 Å². The van der Waals surface area contributed by atoms with E-state index < -0.39 is 0 Å².